The second-order valence-corrected chi connectivity index (χ2v) is 10.1. The Balaban J connectivity index is 0.00000625. The molecule has 1 unspecified atom stereocenters. The molecular formula is C17H36IN3O4S. The minimum Gasteiger partial charge on any atom is -0.381 e. The van der Waals surface area contributed by atoms with Crippen LogP contribution in [0.1, 0.15) is 40.5 Å². The van der Waals surface area contributed by atoms with Gasteiger partial charge in [0.2, 0.25) is 0 Å². The van der Waals surface area contributed by atoms with E-state index in [0.717, 1.165) is 39.2 Å². The number of ether oxygens (including phenoxy) is 2. The zero-order valence-electron chi connectivity index (χ0n) is 16.5. The third-order valence-corrected chi connectivity index (χ3v) is 6.64. The van der Waals surface area contributed by atoms with E-state index in [-0.39, 0.29) is 29.7 Å². The van der Waals surface area contributed by atoms with E-state index < -0.39 is 14.6 Å². The minimum absolute atomic E-state index is 0. The highest BCUT2D eigenvalue weighted by Crippen LogP contribution is 2.15. The molecule has 0 aliphatic carbocycles. The van der Waals surface area contributed by atoms with Crippen molar-refractivity contribution in [2.75, 3.05) is 51.8 Å². The lowest BCUT2D eigenvalue weighted by Gasteiger charge is -2.19. The van der Waals surface area contributed by atoms with Gasteiger partial charge in [0.1, 0.15) is 0 Å². The molecule has 0 saturated carbocycles. The highest BCUT2D eigenvalue weighted by Gasteiger charge is 2.28. The molecule has 1 aliphatic heterocycles. The summed E-state index contributed by atoms with van der Waals surface area (Å²) in [4.78, 5) is 4.46. The molecule has 156 valence electrons. The van der Waals surface area contributed by atoms with Crippen molar-refractivity contribution in [2.45, 2.75) is 45.3 Å². The van der Waals surface area contributed by atoms with Gasteiger partial charge in [-0.25, -0.2) is 8.42 Å². The predicted octanol–water partition coefficient (Wildman–Crippen LogP) is 1.82. The maximum absolute atomic E-state index is 12.1. The maximum atomic E-state index is 12.1. The molecule has 7 nitrogen and oxygen atoms in total. The van der Waals surface area contributed by atoms with Gasteiger partial charge in [-0.05, 0) is 40.5 Å². The van der Waals surface area contributed by atoms with Crippen LogP contribution >= 0.6 is 24.0 Å². The van der Waals surface area contributed by atoms with E-state index in [4.69, 9.17) is 9.47 Å². The zero-order valence-corrected chi connectivity index (χ0v) is 19.7. The molecule has 1 atom stereocenters. The predicted molar refractivity (Wildman–Crippen MR) is 117 cm³/mol. The molecule has 1 fully saturated rings. The largest absolute Gasteiger partial charge is 0.381 e. The first-order chi connectivity index (χ1) is 11.8. The van der Waals surface area contributed by atoms with Gasteiger partial charge in [0, 0.05) is 38.8 Å². The van der Waals surface area contributed by atoms with Crippen molar-refractivity contribution in [1.29, 1.82) is 0 Å². The van der Waals surface area contributed by atoms with Crippen LogP contribution in [0.5, 0.6) is 0 Å². The van der Waals surface area contributed by atoms with Gasteiger partial charge in [-0.15, -0.1) is 24.0 Å². The second-order valence-electron chi connectivity index (χ2n) is 7.28. The van der Waals surface area contributed by atoms with Crippen LogP contribution in [0.15, 0.2) is 4.99 Å². The number of hydrogen-bond donors (Lipinski definition) is 2. The molecule has 0 spiro atoms. The van der Waals surface area contributed by atoms with Crippen LogP contribution in [0.25, 0.3) is 0 Å². The fourth-order valence-electron chi connectivity index (χ4n) is 2.27. The average Bonchev–Trinajstić information content (AvgIpc) is 3.02. The van der Waals surface area contributed by atoms with Gasteiger partial charge in [0.05, 0.1) is 23.7 Å². The van der Waals surface area contributed by atoms with E-state index >= 15 is 0 Å². The molecular weight excluding hydrogens is 469 g/mol. The molecule has 0 radical (unpaired) electrons. The second kappa shape index (κ2) is 13.1. The molecule has 26 heavy (non-hydrogen) atoms. The van der Waals surface area contributed by atoms with Gasteiger partial charge in [0.15, 0.2) is 15.8 Å². The summed E-state index contributed by atoms with van der Waals surface area (Å²) >= 11 is 0. The van der Waals surface area contributed by atoms with E-state index in [1.807, 2.05) is 6.92 Å². The van der Waals surface area contributed by atoms with Crippen molar-refractivity contribution in [3.05, 3.63) is 0 Å². The number of aliphatic imine (C=N–C) groups is 1. The summed E-state index contributed by atoms with van der Waals surface area (Å²) in [5.74, 6) is 1.27. The molecule has 2 N–H and O–H groups in total. The Morgan fingerprint density at radius 1 is 1.31 bits per heavy atom. The molecule has 1 saturated heterocycles. The zero-order chi connectivity index (χ0) is 18.8. The number of guanidine groups is 1. The van der Waals surface area contributed by atoms with Crippen molar-refractivity contribution in [3.8, 4) is 0 Å². The summed E-state index contributed by atoms with van der Waals surface area (Å²) in [5, 5.41) is 6.22. The highest BCUT2D eigenvalue weighted by molar-refractivity contribution is 14.0. The molecule has 1 aliphatic rings. The monoisotopic (exact) mass is 505 g/mol. The summed E-state index contributed by atoms with van der Waals surface area (Å²) in [6.45, 7) is 12.0. The van der Waals surface area contributed by atoms with E-state index in [2.05, 4.69) is 15.6 Å². The first kappa shape index (κ1) is 25.9. The number of rotatable bonds is 10. The van der Waals surface area contributed by atoms with Crippen molar-refractivity contribution >= 4 is 39.8 Å². The number of halogens is 1. The first-order valence-electron chi connectivity index (χ1n) is 9.16. The number of nitrogens with zero attached hydrogens (tertiary/aromatic N) is 1. The van der Waals surface area contributed by atoms with E-state index in [0.29, 0.717) is 31.6 Å². The Labute approximate surface area is 176 Å². The van der Waals surface area contributed by atoms with Crippen LogP contribution in [0.4, 0.5) is 0 Å². The minimum atomic E-state index is -3.12. The van der Waals surface area contributed by atoms with Crippen molar-refractivity contribution in [3.63, 3.8) is 0 Å². The topological polar surface area (TPSA) is 89.0 Å². The first-order valence-corrected chi connectivity index (χ1v) is 10.8. The van der Waals surface area contributed by atoms with Crippen LogP contribution in [0, 0.1) is 5.92 Å². The molecule has 0 aromatic rings. The Morgan fingerprint density at radius 2 is 2.04 bits per heavy atom. The summed E-state index contributed by atoms with van der Waals surface area (Å²) in [6, 6.07) is 0. The normalized spacial score (nSPS) is 18.5. The quantitative estimate of drug-likeness (QED) is 0.204. The molecule has 9 heteroatoms. The third-order valence-electron chi connectivity index (χ3n) is 4.03. The van der Waals surface area contributed by atoms with E-state index in [1.165, 1.54) is 0 Å². The number of nitrogens with one attached hydrogen (secondary N) is 2. The molecule has 1 rings (SSSR count). The molecule has 0 amide bonds. The third kappa shape index (κ3) is 10.3. The Kier molecular flexibility index (Phi) is 13.0. The molecule has 1 heterocycles. The van der Waals surface area contributed by atoms with Crippen molar-refractivity contribution in [1.82, 2.24) is 10.6 Å². The summed E-state index contributed by atoms with van der Waals surface area (Å²) in [6.07, 6.45) is 1.93. The SMILES string of the molecule is CCNC(=NCCCOCC1CCOC1)NCCS(=O)(=O)C(C)(C)C.I. The molecule has 0 aromatic carbocycles. The van der Waals surface area contributed by atoms with Gasteiger partial charge in [-0.1, -0.05) is 0 Å². The van der Waals surface area contributed by atoms with Crippen LogP contribution in [0.2, 0.25) is 0 Å². The highest BCUT2D eigenvalue weighted by atomic mass is 127. The average molecular weight is 505 g/mol. The van der Waals surface area contributed by atoms with E-state index in [9.17, 15) is 8.42 Å². The lowest BCUT2D eigenvalue weighted by atomic mass is 10.1. The van der Waals surface area contributed by atoms with Crippen molar-refractivity contribution < 1.29 is 17.9 Å². The fourth-order valence-corrected chi connectivity index (χ4v) is 3.26. The summed E-state index contributed by atoms with van der Waals surface area (Å²) in [7, 11) is -3.12. The molecule has 0 bridgehead atoms. The standard InChI is InChI=1S/C17H35N3O4S.HI/c1-5-18-16(20-9-12-25(21,22)17(2,3)4)19-8-6-10-23-13-15-7-11-24-14-15;/h15H,5-14H2,1-4H3,(H2,18,19,20);1H. The number of hydrogen-bond acceptors (Lipinski definition) is 5. The maximum Gasteiger partial charge on any atom is 0.191 e. The van der Waals surface area contributed by atoms with Gasteiger partial charge < -0.3 is 20.1 Å². The summed E-state index contributed by atoms with van der Waals surface area (Å²) < 4.78 is 34.5. The van der Waals surface area contributed by atoms with E-state index in [1.54, 1.807) is 20.8 Å². The summed E-state index contributed by atoms with van der Waals surface area (Å²) in [5.41, 5.74) is 0. The van der Waals surface area contributed by atoms with Gasteiger partial charge in [-0.2, -0.15) is 0 Å². The van der Waals surface area contributed by atoms with Crippen molar-refractivity contribution in [2.24, 2.45) is 10.9 Å². The van der Waals surface area contributed by atoms with Gasteiger partial charge in [-0.3, -0.25) is 4.99 Å². The van der Waals surface area contributed by atoms with Crippen LogP contribution in [0.3, 0.4) is 0 Å². The smallest absolute Gasteiger partial charge is 0.191 e. The van der Waals surface area contributed by atoms with Gasteiger partial charge >= 0.3 is 0 Å². The Hall–Kier alpha value is -0.130. The molecule has 0 aromatic heterocycles. The lowest BCUT2D eigenvalue weighted by Crippen LogP contribution is -2.41. The lowest BCUT2D eigenvalue weighted by molar-refractivity contribution is 0.0893. The van der Waals surface area contributed by atoms with Crippen LogP contribution in [-0.4, -0.2) is 70.9 Å². The van der Waals surface area contributed by atoms with Gasteiger partial charge in [0.25, 0.3) is 0 Å². The Bertz CT molecular complexity index is 501. The van der Waals surface area contributed by atoms with Crippen LogP contribution < -0.4 is 10.6 Å². The number of sulfone groups is 1. The van der Waals surface area contributed by atoms with Crippen LogP contribution in [-0.2, 0) is 19.3 Å². The fraction of sp³-hybridized carbons (Fsp3) is 0.941. The Morgan fingerprint density at radius 3 is 2.62 bits per heavy atom.